The number of rotatable bonds is 4. The molecule has 1 saturated heterocycles. The van der Waals surface area contributed by atoms with Gasteiger partial charge in [0.25, 0.3) is 0 Å². The number of amides is 1. The molecule has 20 heavy (non-hydrogen) atoms. The van der Waals surface area contributed by atoms with E-state index in [1.807, 2.05) is 30.3 Å². The zero-order valence-electron chi connectivity index (χ0n) is 11.1. The third-order valence-corrected chi connectivity index (χ3v) is 3.20. The molecule has 0 saturated carbocycles. The Morgan fingerprint density at radius 3 is 2.80 bits per heavy atom. The summed E-state index contributed by atoms with van der Waals surface area (Å²) in [5.74, 6) is -1.01. The number of carboxylic acid groups (broad SMARTS) is 1. The van der Waals surface area contributed by atoms with Crippen molar-refractivity contribution in [1.82, 2.24) is 4.90 Å². The highest BCUT2D eigenvalue weighted by Crippen LogP contribution is 2.19. The van der Waals surface area contributed by atoms with Gasteiger partial charge in [-0.25, -0.2) is 9.59 Å². The van der Waals surface area contributed by atoms with Crippen molar-refractivity contribution >= 4 is 12.1 Å². The van der Waals surface area contributed by atoms with Gasteiger partial charge in [0.1, 0.15) is 6.61 Å². The number of benzene rings is 1. The number of hydrogen-bond acceptors (Lipinski definition) is 3. The van der Waals surface area contributed by atoms with Crippen molar-refractivity contribution in [2.45, 2.75) is 25.5 Å². The molecular formula is C15H17NO4. The van der Waals surface area contributed by atoms with Crippen LogP contribution in [0.1, 0.15) is 18.4 Å². The predicted octanol–water partition coefficient (Wildman–Crippen LogP) is 2.43. The van der Waals surface area contributed by atoms with E-state index in [1.165, 1.54) is 0 Å². The van der Waals surface area contributed by atoms with E-state index in [0.29, 0.717) is 6.54 Å². The van der Waals surface area contributed by atoms with Crippen molar-refractivity contribution in [2.24, 2.45) is 0 Å². The first-order chi connectivity index (χ1) is 9.66. The van der Waals surface area contributed by atoms with Gasteiger partial charge in [-0.15, -0.1) is 0 Å². The maximum absolute atomic E-state index is 12.0. The van der Waals surface area contributed by atoms with Crippen molar-refractivity contribution in [1.29, 1.82) is 0 Å². The molecule has 5 heteroatoms. The minimum Gasteiger partial charge on any atom is -0.478 e. The maximum atomic E-state index is 12.0. The van der Waals surface area contributed by atoms with Crippen LogP contribution in [0.3, 0.4) is 0 Å². The lowest BCUT2D eigenvalue weighted by molar-refractivity contribution is -0.131. The average Bonchev–Trinajstić information content (AvgIpc) is 2.92. The smallest absolute Gasteiger partial charge is 0.410 e. The van der Waals surface area contributed by atoms with Crippen LogP contribution in [0.5, 0.6) is 0 Å². The van der Waals surface area contributed by atoms with Crippen LogP contribution in [0, 0.1) is 0 Å². The Labute approximate surface area is 117 Å². The molecule has 2 rings (SSSR count). The highest BCUT2D eigenvalue weighted by atomic mass is 16.6. The summed E-state index contributed by atoms with van der Waals surface area (Å²) in [6.45, 7) is 0.827. The quantitative estimate of drug-likeness (QED) is 0.857. The van der Waals surface area contributed by atoms with Crippen LogP contribution in [0.15, 0.2) is 42.5 Å². The molecule has 106 valence electrons. The molecular weight excluding hydrogens is 258 g/mol. The van der Waals surface area contributed by atoms with E-state index >= 15 is 0 Å². The molecule has 1 N–H and O–H groups in total. The molecule has 1 fully saturated rings. The van der Waals surface area contributed by atoms with Gasteiger partial charge < -0.3 is 14.7 Å². The van der Waals surface area contributed by atoms with Gasteiger partial charge in [-0.1, -0.05) is 36.4 Å². The molecule has 0 aromatic heterocycles. The lowest BCUT2D eigenvalue weighted by atomic mass is 10.2. The number of ether oxygens (including phenoxy) is 1. The van der Waals surface area contributed by atoms with Crippen LogP contribution in [-0.2, 0) is 16.1 Å². The van der Waals surface area contributed by atoms with Crippen molar-refractivity contribution in [3.63, 3.8) is 0 Å². The summed E-state index contributed by atoms with van der Waals surface area (Å²) in [4.78, 5) is 24.1. The van der Waals surface area contributed by atoms with E-state index < -0.39 is 12.1 Å². The first-order valence-electron chi connectivity index (χ1n) is 6.55. The summed E-state index contributed by atoms with van der Waals surface area (Å²) >= 11 is 0. The maximum Gasteiger partial charge on any atom is 0.410 e. The second-order valence-corrected chi connectivity index (χ2v) is 4.64. The normalized spacial score (nSPS) is 18.4. The second-order valence-electron chi connectivity index (χ2n) is 4.64. The molecule has 1 aliphatic heterocycles. The molecule has 0 aliphatic carbocycles. The van der Waals surface area contributed by atoms with Gasteiger partial charge in [0.15, 0.2) is 0 Å². The number of aliphatic carboxylic acids is 1. The Balaban J connectivity index is 1.89. The monoisotopic (exact) mass is 275 g/mol. The molecule has 1 aromatic carbocycles. The fraction of sp³-hybridized carbons (Fsp3) is 0.333. The highest BCUT2D eigenvalue weighted by molar-refractivity contribution is 5.80. The molecule has 1 unspecified atom stereocenters. The number of nitrogens with zero attached hydrogens (tertiary/aromatic N) is 1. The van der Waals surface area contributed by atoms with Crippen molar-refractivity contribution < 1.29 is 19.4 Å². The molecule has 1 amide bonds. The Morgan fingerprint density at radius 2 is 2.10 bits per heavy atom. The van der Waals surface area contributed by atoms with Crippen LogP contribution < -0.4 is 0 Å². The van der Waals surface area contributed by atoms with E-state index in [-0.39, 0.29) is 12.6 Å². The number of likely N-dealkylation sites (tertiary alicyclic amines) is 1. The van der Waals surface area contributed by atoms with E-state index in [1.54, 1.807) is 11.0 Å². The molecule has 0 bridgehead atoms. The number of hydrogen-bond donors (Lipinski definition) is 1. The highest BCUT2D eigenvalue weighted by Gasteiger charge is 2.28. The second kappa shape index (κ2) is 6.75. The van der Waals surface area contributed by atoms with Gasteiger partial charge >= 0.3 is 12.1 Å². The largest absolute Gasteiger partial charge is 0.478 e. The Morgan fingerprint density at radius 1 is 1.35 bits per heavy atom. The average molecular weight is 275 g/mol. The summed E-state index contributed by atoms with van der Waals surface area (Å²) < 4.78 is 5.25. The summed E-state index contributed by atoms with van der Waals surface area (Å²) in [5, 5.41) is 8.63. The fourth-order valence-electron chi connectivity index (χ4n) is 2.21. The van der Waals surface area contributed by atoms with E-state index in [4.69, 9.17) is 9.84 Å². The lowest BCUT2D eigenvalue weighted by Gasteiger charge is -2.21. The number of carbonyl (C=O) groups excluding carboxylic acids is 1. The molecule has 5 nitrogen and oxygen atoms in total. The van der Waals surface area contributed by atoms with Gasteiger partial charge in [-0.05, 0) is 18.4 Å². The minimum atomic E-state index is -1.01. The molecule has 1 atom stereocenters. The first-order valence-corrected chi connectivity index (χ1v) is 6.55. The van der Waals surface area contributed by atoms with Gasteiger partial charge in [0.05, 0.1) is 6.04 Å². The van der Waals surface area contributed by atoms with E-state index in [2.05, 4.69) is 0 Å². The van der Waals surface area contributed by atoms with Crippen LogP contribution in [0.25, 0.3) is 0 Å². The third kappa shape index (κ3) is 3.85. The van der Waals surface area contributed by atoms with Crippen LogP contribution in [-0.4, -0.2) is 34.7 Å². The van der Waals surface area contributed by atoms with E-state index in [9.17, 15) is 9.59 Å². The Hall–Kier alpha value is -2.30. The summed E-state index contributed by atoms with van der Waals surface area (Å²) in [6.07, 6.45) is 3.85. The first kappa shape index (κ1) is 14.1. The number of carboxylic acids is 1. The Bertz CT molecular complexity index is 498. The van der Waals surface area contributed by atoms with Crippen molar-refractivity contribution in [3.05, 3.63) is 48.0 Å². The standard InChI is InChI=1S/C15H17NO4/c17-14(18)9-8-13-7-4-10-16(13)15(19)20-11-12-5-2-1-3-6-12/h1-3,5-6,8-9,13H,4,7,10-11H2,(H,17,18)/b9-8+. The minimum absolute atomic E-state index is 0.186. The summed E-state index contributed by atoms with van der Waals surface area (Å²) in [7, 11) is 0. The summed E-state index contributed by atoms with van der Waals surface area (Å²) in [6, 6.07) is 9.26. The predicted molar refractivity (Wildman–Crippen MR) is 73.1 cm³/mol. The lowest BCUT2D eigenvalue weighted by Crippen LogP contribution is -2.34. The SMILES string of the molecule is O=C(O)/C=C/C1CCCN1C(=O)OCc1ccccc1. The van der Waals surface area contributed by atoms with Crippen molar-refractivity contribution in [3.8, 4) is 0 Å². The van der Waals surface area contributed by atoms with Gasteiger partial charge in [0, 0.05) is 12.6 Å². The van der Waals surface area contributed by atoms with Gasteiger partial charge in [0.2, 0.25) is 0 Å². The summed E-state index contributed by atoms with van der Waals surface area (Å²) in [5.41, 5.74) is 0.928. The molecule has 0 spiro atoms. The molecule has 1 aromatic rings. The van der Waals surface area contributed by atoms with Crippen molar-refractivity contribution in [2.75, 3.05) is 6.54 Å². The third-order valence-electron chi connectivity index (χ3n) is 3.20. The van der Waals surface area contributed by atoms with Crippen LogP contribution >= 0.6 is 0 Å². The molecule has 0 radical (unpaired) electrons. The Kier molecular flexibility index (Phi) is 4.76. The zero-order chi connectivity index (χ0) is 14.4. The van der Waals surface area contributed by atoms with Gasteiger partial charge in [-0.3, -0.25) is 0 Å². The van der Waals surface area contributed by atoms with Gasteiger partial charge in [-0.2, -0.15) is 0 Å². The topological polar surface area (TPSA) is 66.8 Å². The van der Waals surface area contributed by atoms with E-state index in [0.717, 1.165) is 24.5 Å². The number of carbonyl (C=O) groups is 2. The molecule has 1 aliphatic rings. The molecule has 1 heterocycles. The van der Waals surface area contributed by atoms with Crippen LogP contribution in [0.2, 0.25) is 0 Å². The van der Waals surface area contributed by atoms with Crippen LogP contribution in [0.4, 0.5) is 4.79 Å². The fourth-order valence-corrected chi connectivity index (χ4v) is 2.21. The zero-order valence-corrected chi connectivity index (χ0v) is 11.1.